The Balaban J connectivity index is 3.08. The third-order valence-electron chi connectivity index (χ3n) is 2.72. The van der Waals surface area contributed by atoms with Gasteiger partial charge in [0, 0.05) is 18.7 Å². The monoisotopic (exact) mass is 289 g/mol. The van der Waals surface area contributed by atoms with Crippen molar-refractivity contribution in [2.24, 2.45) is 0 Å². The summed E-state index contributed by atoms with van der Waals surface area (Å²) in [6.07, 6.45) is -4.33. The molecular weight excluding hydrogens is 271 g/mol. The number of hydrogen-bond acceptors (Lipinski definition) is 3. The Morgan fingerprint density at radius 3 is 2.50 bits per heavy atom. The molecule has 0 saturated carbocycles. The first kappa shape index (κ1) is 16.1. The van der Waals surface area contributed by atoms with Crippen molar-refractivity contribution < 1.29 is 18.0 Å². The highest BCUT2D eigenvalue weighted by Crippen LogP contribution is 2.28. The van der Waals surface area contributed by atoms with E-state index in [-0.39, 0.29) is 29.4 Å². The minimum Gasteiger partial charge on any atom is -0.397 e. The molecule has 0 spiro atoms. The number of nitrogens with two attached hydrogens (primary N) is 1. The van der Waals surface area contributed by atoms with Crippen LogP contribution >= 0.6 is 0 Å². The third kappa shape index (κ3) is 4.32. The van der Waals surface area contributed by atoms with Crippen LogP contribution in [0, 0.1) is 0 Å². The van der Waals surface area contributed by atoms with E-state index in [2.05, 4.69) is 5.32 Å². The van der Waals surface area contributed by atoms with E-state index in [0.29, 0.717) is 6.54 Å². The standard InChI is InChI=1S/C13H18F3N3O/c1-3-18-12(20)9-5-6-10(17)11(7-9)19(4-2)8-13(14,15)16/h5-7H,3-4,8,17H2,1-2H3,(H,18,20). The van der Waals surface area contributed by atoms with Crippen LogP contribution in [0.1, 0.15) is 24.2 Å². The van der Waals surface area contributed by atoms with E-state index in [0.717, 1.165) is 4.90 Å². The van der Waals surface area contributed by atoms with Crippen LogP contribution in [0.3, 0.4) is 0 Å². The molecule has 1 aromatic rings. The molecule has 0 unspecified atom stereocenters. The number of anilines is 2. The Kier molecular flexibility index (Phi) is 5.24. The zero-order valence-electron chi connectivity index (χ0n) is 11.4. The molecule has 20 heavy (non-hydrogen) atoms. The molecular formula is C13H18F3N3O. The highest BCUT2D eigenvalue weighted by molar-refractivity contribution is 5.96. The molecule has 0 aliphatic heterocycles. The maximum absolute atomic E-state index is 12.5. The average molecular weight is 289 g/mol. The van der Waals surface area contributed by atoms with Crippen molar-refractivity contribution in [1.29, 1.82) is 0 Å². The number of halogens is 3. The number of hydrogen-bond donors (Lipinski definition) is 2. The first-order valence-electron chi connectivity index (χ1n) is 6.28. The van der Waals surface area contributed by atoms with Gasteiger partial charge >= 0.3 is 6.18 Å². The highest BCUT2D eigenvalue weighted by atomic mass is 19.4. The predicted molar refractivity (Wildman–Crippen MR) is 72.8 cm³/mol. The number of nitrogens with zero attached hydrogens (tertiary/aromatic N) is 1. The van der Waals surface area contributed by atoms with Crippen LogP contribution in [-0.2, 0) is 0 Å². The van der Waals surface area contributed by atoms with Gasteiger partial charge in [-0.1, -0.05) is 0 Å². The molecule has 1 amide bonds. The van der Waals surface area contributed by atoms with Gasteiger partial charge < -0.3 is 16.0 Å². The zero-order chi connectivity index (χ0) is 15.3. The Bertz CT molecular complexity index is 474. The van der Waals surface area contributed by atoms with E-state index in [1.54, 1.807) is 13.8 Å². The summed E-state index contributed by atoms with van der Waals surface area (Å²) in [7, 11) is 0. The minimum absolute atomic E-state index is 0.141. The Labute approximate surface area is 115 Å². The van der Waals surface area contributed by atoms with Crippen LogP contribution < -0.4 is 16.0 Å². The van der Waals surface area contributed by atoms with Gasteiger partial charge in [0.05, 0.1) is 11.4 Å². The summed E-state index contributed by atoms with van der Waals surface area (Å²) in [6, 6.07) is 4.32. The molecule has 112 valence electrons. The third-order valence-corrected chi connectivity index (χ3v) is 2.72. The molecule has 1 rings (SSSR count). The molecule has 0 aromatic heterocycles. The first-order valence-corrected chi connectivity index (χ1v) is 6.28. The Hall–Kier alpha value is -1.92. The fraction of sp³-hybridized carbons (Fsp3) is 0.462. The predicted octanol–water partition coefficient (Wildman–Crippen LogP) is 2.41. The number of benzene rings is 1. The smallest absolute Gasteiger partial charge is 0.397 e. The lowest BCUT2D eigenvalue weighted by molar-refractivity contribution is -0.119. The van der Waals surface area contributed by atoms with Crippen LogP contribution in [0.4, 0.5) is 24.5 Å². The minimum atomic E-state index is -4.33. The summed E-state index contributed by atoms with van der Waals surface area (Å²) < 4.78 is 37.6. The molecule has 0 aliphatic rings. The van der Waals surface area contributed by atoms with Gasteiger partial charge in [-0.05, 0) is 32.0 Å². The summed E-state index contributed by atoms with van der Waals surface area (Å²) in [5, 5.41) is 2.59. The lowest BCUT2D eigenvalue weighted by Crippen LogP contribution is -2.34. The molecule has 0 aliphatic carbocycles. The maximum Gasteiger partial charge on any atom is 0.405 e. The van der Waals surface area contributed by atoms with Crippen molar-refractivity contribution in [2.45, 2.75) is 20.0 Å². The number of alkyl halides is 3. The van der Waals surface area contributed by atoms with Crippen LogP contribution in [0.25, 0.3) is 0 Å². The molecule has 4 nitrogen and oxygen atoms in total. The molecule has 0 saturated heterocycles. The molecule has 0 radical (unpaired) electrons. The molecule has 7 heteroatoms. The van der Waals surface area contributed by atoms with E-state index >= 15 is 0 Å². The van der Waals surface area contributed by atoms with Crippen LogP contribution in [0.5, 0.6) is 0 Å². The topological polar surface area (TPSA) is 58.4 Å². The largest absolute Gasteiger partial charge is 0.405 e. The fourth-order valence-corrected chi connectivity index (χ4v) is 1.81. The van der Waals surface area contributed by atoms with Crippen LogP contribution in [0.2, 0.25) is 0 Å². The second-order valence-corrected chi connectivity index (χ2v) is 4.26. The number of nitrogen functional groups attached to an aromatic ring is 1. The quantitative estimate of drug-likeness (QED) is 0.818. The van der Waals surface area contributed by atoms with Gasteiger partial charge in [0.15, 0.2) is 0 Å². The summed E-state index contributed by atoms with van der Waals surface area (Å²) in [5.74, 6) is -0.336. The number of amides is 1. The summed E-state index contributed by atoms with van der Waals surface area (Å²) in [4.78, 5) is 12.8. The van der Waals surface area contributed by atoms with Crippen LogP contribution in [-0.4, -0.2) is 31.7 Å². The molecule has 0 atom stereocenters. The normalized spacial score (nSPS) is 11.2. The van der Waals surface area contributed by atoms with Crippen molar-refractivity contribution in [2.75, 3.05) is 30.3 Å². The van der Waals surface area contributed by atoms with Crippen molar-refractivity contribution in [3.63, 3.8) is 0 Å². The number of rotatable bonds is 5. The highest BCUT2D eigenvalue weighted by Gasteiger charge is 2.31. The fourth-order valence-electron chi connectivity index (χ4n) is 1.81. The first-order chi connectivity index (χ1) is 9.28. The maximum atomic E-state index is 12.5. The second kappa shape index (κ2) is 6.49. The lowest BCUT2D eigenvalue weighted by atomic mass is 10.1. The average Bonchev–Trinajstić information content (AvgIpc) is 2.36. The van der Waals surface area contributed by atoms with Gasteiger partial charge in [-0.3, -0.25) is 4.79 Å². The van der Waals surface area contributed by atoms with Crippen molar-refractivity contribution in [1.82, 2.24) is 5.32 Å². The summed E-state index contributed by atoms with van der Waals surface area (Å²) >= 11 is 0. The van der Waals surface area contributed by atoms with E-state index in [9.17, 15) is 18.0 Å². The Morgan fingerprint density at radius 2 is 2.00 bits per heavy atom. The van der Waals surface area contributed by atoms with Gasteiger partial charge in [-0.2, -0.15) is 13.2 Å². The van der Waals surface area contributed by atoms with Crippen molar-refractivity contribution >= 4 is 17.3 Å². The van der Waals surface area contributed by atoms with Crippen LogP contribution in [0.15, 0.2) is 18.2 Å². The van der Waals surface area contributed by atoms with E-state index in [1.807, 2.05) is 0 Å². The second-order valence-electron chi connectivity index (χ2n) is 4.26. The van der Waals surface area contributed by atoms with E-state index in [1.165, 1.54) is 18.2 Å². The molecule has 0 fully saturated rings. The summed E-state index contributed by atoms with van der Waals surface area (Å²) in [6.45, 7) is 2.84. The Morgan fingerprint density at radius 1 is 1.35 bits per heavy atom. The number of carbonyl (C=O) groups excluding carboxylic acids is 1. The molecule has 1 aromatic carbocycles. The van der Waals surface area contributed by atoms with Gasteiger partial charge in [-0.15, -0.1) is 0 Å². The number of carbonyl (C=O) groups is 1. The lowest BCUT2D eigenvalue weighted by Gasteiger charge is -2.26. The van der Waals surface area contributed by atoms with E-state index in [4.69, 9.17) is 5.73 Å². The summed E-state index contributed by atoms with van der Waals surface area (Å²) in [5.41, 5.74) is 6.44. The van der Waals surface area contributed by atoms with E-state index < -0.39 is 12.7 Å². The van der Waals surface area contributed by atoms with Gasteiger partial charge in [0.2, 0.25) is 0 Å². The molecule has 3 N–H and O–H groups in total. The molecule has 0 heterocycles. The SMILES string of the molecule is CCNC(=O)c1ccc(N)c(N(CC)CC(F)(F)F)c1. The molecule has 0 bridgehead atoms. The van der Waals surface area contributed by atoms with Crippen molar-refractivity contribution in [3.8, 4) is 0 Å². The van der Waals surface area contributed by atoms with Gasteiger partial charge in [0.25, 0.3) is 5.91 Å². The zero-order valence-corrected chi connectivity index (χ0v) is 11.4. The number of nitrogens with one attached hydrogen (secondary N) is 1. The van der Waals surface area contributed by atoms with Crippen molar-refractivity contribution in [3.05, 3.63) is 23.8 Å². The van der Waals surface area contributed by atoms with Gasteiger partial charge in [-0.25, -0.2) is 0 Å². The van der Waals surface area contributed by atoms with Gasteiger partial charge in [0.1, 0.15) is 6.54 Å².